The summed E-state index contributed by atoms with van der Waals surface area (Å²) >= 11 is 0. The average molecular weight is 261 g/mol. The lowest BCUT2D eigenvalue weighted by Crippen LogP contribution is -2.43. The zero-order valence-electron chi connectivity index (χ0n) is 12.0. The van der Waals surface area contributed by atoms with Crippen molar-refractivity contribution in [2.45, 2.75) is 32.1 Å². The molecule has 1 amide bonds. The van der Waals surface area contributed by atoms with Crippen molar-refractivity contribution in [2.24, 2.45) is 5.41 Å². The number of carbonyl (C=O) groups is 1. The molecule has 1 fully saturated rings. The van der Waals surface area contributed by atoms with E-state index in [-0.39, 0.29) is 16.7 Å². The summed E-state index contributed by atoms with van der Waals surface area (Å²) in [4.78, 5) is 16.6. The van der Waals surface area contributed by atoms with E-state index in [2.05, 4.69) is 29.5 Å². The van der Waals surface area contributed by atoms with Crippen LogP contribution >= 0.6 is 0 Å². The Morgan fingerprint density at radius 1 is 1.42 bits per heavy atom. The Kier molecular flexibility index (Phi) is 3.90. The van der Waals surface area contributed by atoms with E-state index in [1.54, 1.807) is 6.20 Å². The van der Waals surface area contributed by atoms with Crippen LogP contribution < -0.4 is 10.6 Å². The molecule has 1 aliphatic rings. The molecule has 0 bridgehead atoms. The van der Waals surface area contributed by atoms with Gasteiger partial charge in [0.05, 0.1) is 5.41 Å². The van der Waals surface area contributed by atoms with Gasteiger partial charge in [0.15, 0.2) is 0 Å². The molecule has 1 aliphatic carbocycles. The number of hydrogen-bond donors (Lipinski definition) is 2. The Labute approximate surface area is 115 Å². The fourth-order valence-electron chi connectivity index (χ4n) is 2.32. The number of hydrogen-bond acceptors (Lipinski definition) is 3. The van der Waals surface area contributed by atoms with Crippen LogP contribution in [0.1, 0.15) is 32.4 Å². The number of nitrogens with zero attached hydrogens (tertiary/aromatic N) is 1. The second-order valence-corrected chi connectivity index (χ2v) is 6.09. The lowest BCUT2D eigenvalue weighted by molar-refractivity contribution is -0.126. The minimum atomic E-state index is -0.158. The van der Waals surface area contributed by atoms with E-state index in [0.29, 0.717) is 6.54 Å². The third-order valence-electron chi connectivity index (χ3n) is 3.90. The SMILES string of the molecule is CNCC1(C(=O)NCC(C)(C)c2ccccn2)CC1. The first-order chi connectivity index (χ1) is 9.00. The van der Waals surface area contributed by atoms with Crippen LogP contribution in [0.5, 0.6) is 0 Å². The second kappa shape index (κ2) is 5.29. The summed E-state index contributed by atoms with van der Waals surface area (Å²) in [6, 6.07) is 5.90. The van der Waals surface area contributed by atoms with Gasteiger partial charge in [-0.15, -0.1) is 0 Å². The second-order valence-electron chi connectivity index (χ2n) is 6.09. The van der Waals surface area contributed by atoms with Gasteiger partial charge in [0.25, 0.3) is 0 Å². The highest BCUT2D eigenvalue weighted by Gasteiger charge is 2.49. The van der Waals surface area contributed by atoms with Gasteiger partial charge in [0.1, 0.15) is 0 Å². The van der Waals surface area contributed by atoms with Crippen LogP contribution in [0.25, 0.3) is 0 Å². The van der Waals surface area contributed by atoms with E-state index in [4.69, 9.17) is 0 Å². The lowest BCUT2D eigenvalue weighted by atomic mass is 9.88. The molecular formula is C15H23N3O. The van der Waals surface area contributed by atoms with Gasteiger partial charge >= 0.3 is 0 Å². The smallest absolute Gasteiger partial charge is 0.227 e. The fourth-order valence-corrected chi connectivity index (χ4v) is 2.32. The van der Waals surface area contributed by atoms with Crippen LogP contribution in [-0.2, 0) is 10.2 Å². The molecule has 0 radical (unpaired) electrons. The van der Waals surface area contributed by atoms with Crippen LogP contribution in [0.15, 0.2) is 24.4 Å². The van der Waals surface area contributed by atoms with Crippen molar-refractivity contribution in [1.82, 2.24) is 15.6 Å². The minimum absolute atomic E-state index is 0.146. The summed E-state index contributed by atoms with van der Waals surface area (Å²) in [6.07, 6.45) is 3.77. The first-order valence-electron chi connectivity index (χ1n) is 6.85. The van der Waals surface area contributed by atoms with E-state index in [1.807, 2.05) is 25.2 Å². The van der Waals surface area contributed by atoms with Crippen LogP contribution in [0.4, 0.5) is 0 Å². The quantitative estimate of drug-likeness (QED) is 0.815. The van der Waals surface area contributed by atoms with Crippen LogP contribution in [0.3, 0.4) is 0 Å². The van der Waals surface area contributed by atoms with Crippen LogP contribution in [0, 0.1) is 5.41 Å². The maximum atomic E-state index is 12.2. The maximum Gasteiger partial charge on any atom is 0.227 e. The maximum absolute atomic E-state index is 12.2. The molecule has 4 nitrogen and oxygen atoms in total. The summed E-state index contributed by atoms with van der Waals surface area (Å²) in [5, 5.41) is 6.20. The van der Waals surface area contributed by atoms with Gasteiger partial charge in [-0.25, -0.2) is 0 Å². The van der Waals surface area contributed by atoms with E-state index < -0.39 is 0 Å². The van der Waals surface area contributed by atoms with Gasteiger partial charge in [0, 0.05) is 30.4 Å². The monoisotopic (exact) mass is 261 g/mol. The standard InChI is InChI=1S/C15H23N3O/c1-14(2,12-6-4-5-9-17-12)10-18-13(19)15(7-8-15)11-16-3/h4-6,9,16H,7-8,10-11H2,1-3H3,(H,18,19). The molecule has 0 atom stereocenters. The predicted octanol–water partition coefficient (Wildman–Crippen LogP) is 1.47. The van der Waals surface area contributed by atoms with Crippen molar-refractivity contribution in [3.63, 3.8) is 0 Å². The number of aromatic nitrogens is 1. The summed E-state index contributed by atoms with van der Waals surface area (Å²) in [5.41, 5.74) is 0.704. The van der Waals surface area contributed by atoms with Crippen molar-refractivity contribution in [1.29, 1.82) is 0 Å². The van der Waals surface area contributed by atoms with E-state index in [0.717, 1.165) is 25.1 Å². The minimum Gasteiger partial charge on any atom is -0.355 e. The predicted molar refractivity (Wildman–Crippen MR) is 75.9 cm³/mol. The first kappa shape index (κ1) is 14.0. The summed E-state index contributed by atoms with van der Waals surface area (Å²) in [5.74, 6) is 0.172. The Morgan fingerprint density at radius 3 is 2.68 bits per heavy atom. The fraction of sp³-hybridized carbons (Fsp3) is 0.600. The zero-order chi connectivity index (χ0) is 13.9. The molecule has 0 aliphatic heterocycles. The van der Waals surface area contributed by atoms with Crippen molar-refractivity contribution in [3.05, 3.63) is 30.1 Å². The zero-order valence-corrected chi connectivity index (χ0v) is 12.0. The molecule has 1 heterocycles. The number of pyridine rings is 1. The molecule has 4 heteroatoms. The molecule has 1 aromatic heterocycles. The number of carbonyl (C=O) groups excluding carboxylic acids is 1. The summed E-state index contributed by atoms with van der Waals surface area (Å²) < 4.78 is 0. The van der Waals surface area contributed by atoms with Gasteiger partial charge in [-0.1, -0.05) is 19.9 Å². The Balaban J connectivity index is 1.93. The highest BCUT2D eigenvalue weighted by molar-refractivity contribution is 5.85. The van der Waals surface area contributed by atoms with Gasteiger partial charge < -0.3 is 10.6 Å². The number of amides is 1. The molecule has 1 saturated carbocycles. The molecule has 2 rings (SSSR count). The van der Waals surface area contributed by atoms with Crippen LogP contribution in [-0.4, -0.2) is 31.0 Å². The molecule has 0 aromatic carbocycles. The Morgan fingerprint density at radius 2 is 2.16 bits per heavy atom. The molecule has 19 heavy (non-hydrogen) atoms. The largest absolute Gasteiger partial charge is 0.355 e. The van der Waals surface area contributed by atoms with Gasteiger partial charge in [0.2, 0.25) is 5.91 Å². The highest BCUT2D eigenvalue weighted by Crippen LogP contribution is 2.45. The molecule has 0 unspecified atom stereocenters. The number of rotatable bonds is 6. The summed E-state index contributed by atoms with van der Waals surface area (Å²) in [6.45, 7) is 5.59. The molecule has 1 aromatic rings. The molecule has 104 valence electrons. The molecule has 0 spiro atoms. The molecular weight excluding hydrogens is 238 g/mol. The van der Waals surface area contributed by atoms with E-state index in [1.165, 1.54) is 0 Å². The topological polar surface area (TPSA) is 54.0 Å². The Hall–Kier alpha value is -1.42. The van der Waals surface area contributed by atoms with Crippen molar-refractivity contribution < 1.29 is 4.79 Å². The summed E-state index contributed by atoms with van der Waals surface area (Å²) in [7, 11) is 1.89. The average Bonchev–Trinajstić information content (AvgIpc) is 3.18. The first-order valence-corrected chi connectivity index (χ1v) is 6.85. The van der Waals surface area contributed by atoms with E-state index >= 15 is 0 Å². The third kappa shape index (κ3) is 3.13. The van der Waals surface area contributed by atoms with Crippen molar-refractivity contribution >= 4 is 5.91 Å². The van der Waals surface area contributed by atoms with Crippen molar-refractivity contribution in [3.8, 4) is 0 Å². The van der Waals surface area contributed by atoms with Crippen molar-refractivity contribution in [2.75, 3.05) is 20.1 Å². The van der Waals surface area contributed by atoms with Crippen LogP contribution in [0.2, 0.25) is 0 Å². The number of nitrogens with one attached hydrogen (secondary N) is 2. The van der Waals surface area contributed by atoms with Gasteiger partial charge in [-0.3, -0.25) is 9.78 Å². The lowest BCUT2D eigenvalue weighted by Gasteiger charge is -2.26. The third-order valence-corrected chi connectivity index (χ3v) is 3.90. The molecule has 0 saturated heterocycles. The van der Waals surface area contributed by atoms with Gasteiger partial charge in [-0.2, -0.15) is 0 Å². The van der Waals surface area contributed by atoms with Gasteiger partial charge in [-0.05, 0) is 32.0 Å². The highest BCUT2D eigenvalue weighted by atomic mass is 16.2. The van der Waals surface area contributed by atoms with E-state index in [9.17, 15) is 4.79 Å². The molecule has 2 N–H and O–H groups in total. The normalized spacial score (nSPS) is 17.0. The Bertz CT molecular complexity index is 438.